The molecule has 0 unspecified atom stereocenters. The van der Waals surface area contributed by atoms with Crippen LogP contribution >= 0.6 is 24.0 Å². The highest BCUT2D eigenvalue weighted by molar-refractivity contribution is 14.0. The minimum absolute atomic E-state index is 0. The number of nitrogens with one attached hydrogen (secondary N) is 2. The van der Waals surface area contributed by atoms with Crippen molar-refractivity contribution in [3.63, 3.8) is 0 Å². The van der Waals surface area contributed by atoms with Crippen LogP contribution < -0.4 is 10.6 Å². The summed E-state index contributed by atoms with van der Waals surface area (Å²) in [5, 5.41) is 15.1. The number of hydrogen-bond acceptors (Lipinski definition) is 3. The summed E-state index contributed by atoms with van der Waals surface area (Å²) in [5.41, 5.74) is 1.79. The molecule has 1 aliphatic rings. The SMILES string of the molecule is CCNC(=NCc1nnc(C)n1C)NCC1(Cc2ccccc2)CC1.I. The molecule has 0 spiro atoms. The Morgan fingerprint density at radius 2 is 1.92 bits per heavy atom. The Kier molecular flexibility index (Phi) is 7.43. The van der Waals surface area contributed by atoms with E-state index in [4.69, 9.17) is 0 Å². The van der Waals surface area contributed by atoms with E-state index >= 15 is 0 Å². The van der Waals surface area contributed by atoms with Crippen LogP contribution in [0.2, 0.25) is 0 Å². The number of aromatic nitrogens is 3. The summed E-state index contributed by atoms with van der Waals surface area (Å²) in [6, 6.07) is 10.7. The molecule has 26 heavy (non-hydrogen) atoms. The Morgan fingerprint density at radius 1 is 1.19 bits per heavy atom. The van der Waals surface area contributed by atoms with Crippen molar-refractivity contribution in [3.8, 4) is 0 Å². The Bertz CT molecular complexity index is 721. The monoisotopic (exact) mass is 468 g/mol. The van der Waals surface area contributed by atoms with Gasteiger partial charge in [-0.25, -0.2) is 4.99 Å². The lowest BCUT2D eigenvalue weighted by Crippen LogP contribution is -2.40. The van der Waals surface area contributed by atoms with Gasteiger partial charge in [-0.2, -0.15) is 0 Å². The van der Waals surface area contributed by atoms with Gasteiger partial charge >= 0.3 is 0 Å². The summed E-state index contributed by atoms with van der Waals surface area (Å²) in [6.07, 6.45) is 3.68. The molecule has 6 nitrogen and oxygen atoms in total. The van der Waals surface area contributed by atoms with Crippen molar-refractivity contribution in [2.45, 2.75) is 39.7 Å². The van der Waals surface area contributed by atoms with Crippen molar-refractivity contribution in [2.24, 2.45) is 17.5 Å². The summed E-state index contributed by atoms with van der Waals surface area (Å²) < 4.78 is 1.98. The van der Waals surface area contributed by atoms with Gasteiger partial charge in [-0.15, -0.1) is 34.2 Å². The van der Waals surface area contributed by atoms with E-state index in [0.717, 1.165) is 37.1 Å². The van der Waals surface area contributed by atoms with E-state index in [1.165, 1.54) is 18.4 Å². The van der Waals surface area contributed by atoms with Crippen LogP contribution in [-0.2, 0) is 20.0 Å². The quantitative estimate of drug-likeness (QED) is 0.373. The first-order valence-corrected chi connectivity index (χ1v) is 9.03. The first-order chi connectivity index (χ1) is 12.1. The van der Waals surface area contributed by atoms with E-state index in [-0.39, 0.29) is 24.0 Å². The normalized spacial score (nSPS) is 15.3. The number of guanidine groups is 1. The molecule has 2 N–H and O–H groups in total. The maximum Gasteiger partial charge on any atom is 0.191 e. The number of rotatable bonds is 7. The fraction of sp³-hybridized carbons (Fsp3) is 0.526. The van der Waals surface area contributed by atoms with Gasteiger partial charge in [0.05, 0.1) is 0 Å². The van der Waals surface area contributed by atoms with Crippen molar-refractivity contribution >= 4 is 29.9 Å². The molecule has 1 aliphatic carbocycles. The Balaban J connectivity index is 0.00000243. The third kappa shape index (κ3) is 5.43. The van der Waals surface area contributed by atoms with E-state index in [2.05, 4.69) is 63.1 Å². The second-order valence-corrected chi connectivity index (χ2v) is 6.93. The lowest BCUT2D eigenvalue weighted by molar-refractivity contribution is 0.492. The van der Waals surface area contributed by atoms with Gasteiger partial charge in [-0.1, -0.05) is 30.3 Å². The van der Waals surface area contributed by atoms with Crippen molar-refractivity contribution in [1.29, 1.82) is 0 Å². The van der Waals surface area contributed by atoms with Crippen LogP contribution in [-0.4, -0.2) is 33.8 Å². The highest BCUT2D eigenvalue weighted by Crippen LogP contribution is 2.47. The average molecular weight is 468 g/mol. The third-order valence-corrected chi connectivity index (χ3v) is 4.92. The van der Waals surface area contributed by atoms with Gasteiger partial charge in [-0.3, -0.25) is 0 Å². The zero-order valence-corrected chi connectivity index (χ0v) is 18.2. The van der Waals surface area contributed by atoms with E-state index in [9.17, 15) is 0 Å². The van der Waals surface area contributed by atoms with E-state index in [1.807, 2.05) is 18.5 Å². The molecule has 1 heterocycles. The fourth-order valence-corrected chi connectivity index (χ4v) is 2.97. The van der Waals surface area contributed by atoms with Gasteiger partial charge < -0.3 is 15.2 Å². The topological polar surface area (TPSA) is 67.1 Å². The molecule has 0 atom stereocenters. The zero-order valence-electron chi connectivity index (χ0n) is 15.8. The first kappa shape index (κ1) is 20.7. The summed E-state index contributed by atoms with van der Waals surface area (Å²) >= 11 is 0. The molecule has 1 fully saturated rings. The maximum absolute atomic E-state index is 4.67. The Morgan fingerprint density at radius 3 is 2.50 bits per heavy atom. The molecule has 1 saturated carbocycles. The molecule has 3 rings (SSSR count). The number of hydrogen-bond donors (Lipinski definition) is 2. The minimum Gasteiger partial charge on any atom is -0.357 e. The van der Waals surface area contributed by atoms with E-state index in [0.29, 0.717) is 12.0 Å². The van der Waals surface area contributed by atoms with E-state index in [1.54, 1.807) is 0 Å². The van der Waals surface area contributed by atoms with Gasteiger partial charge in [0.2, 0.25) is 0 Å². The van der Waals surface area contributed by atoms with Crippen molar-refractivity contribution < 1.29 is 0 Å². The van der Waals surface area contributed by atoms with Gasteiger partial charge in [-0.05, 0) is 44.1 Å². The lowest BCUT2D eigenvalue weighted by atomic mass is 9.96. The highest BCUT2D eigenvalue weighted by Gasteiger charge is 2.42. The van der Waals surface area contributed by atoms with Crippen molar-refractivity contribution in [1.82, 2.24) is 25.4 Å². The summed E-state index contributed by atoms with van der Waals surface area (Å²) in [7, 11) is 1.97. The predicted octanol–water partition coefficient (Wildman–Crippen LogP) is 2.82. The number of nitrogens with zero attached hydrogens (tertiary/aromatic N) is 4. The third-order valence-electron chi connectivity index (χ3n) is 4.92. The number of aryl methyl sites for hydroxylation is 1. The maximum atomic E-state index is 4.67. The number of halogens is 1. The van der Waals surface area contributed by atoms with Crippen LogP contribution in [0.5, 0.6) is 0 Å². The number of benzene rings is 1. The summed E-state index contributed by atoms with van der Waals surface area (Å²) in [5.74, 6) is 2.63. The van der Waals surface area contributed by atoms with Crippen LogP contribution in [0.15, 0.2) is 35.3 Å². The summed E-state index contributed by atoms with van der Waals surface area (Å²) in [4.78, 5) is 4.67. The second-order valence-electron chi connectivity index (χ2n) is 6.93. The standard InChI is InChI=1S/C19H28N6.HI/c1-4-20-18(21-13-17-24-23-15(2)25(17)3)22-14-19(10-11-19)12-16-8-6-5-7-9-16;/h5-9H,4,10-14H2,1-3H3,(H2,20,21,22);1H. The zero-order chi connectivity index (χ0) is 17.7. The highest BCUT2D eigenvalue weighted by atomic mass is 127. The van der Waals surface area contributed by atoms with Gasteiger partial charge in [0.25, 0.3) is 0 Å². The Hall–Kier alpha value is -1.64. The smallest absolute Gasteiger partial charge is 0.191 e. The van der Waals surface area contributed by atoms with Crippen LogP contribution in [0, 0.1) is 12.3 Å². The molecular weight excluding hydrogens is 439 g/mol. The molecule has 7 heteroatoms. The second kappa shape index (κ2) is 9.34. The van der Waals surface area contributed by atoms with Crippen LogP contribution in [0.1, 0.15) is 37.0 Å². The first-order valence-electron chi connectivity index (χ1n) is 9.03. The molecule has 0 aliphatic heterocycles. The molecule has 0 amide bonds. The molecule has 0 saturated heterocycles. The van der Waals surface area contributed by atoms with Crippen molar-refractivity contribution in [2.75, 3.05) is 13.1 Å². The molecule has 2 aromatic rings. The van der Waals surface area contributed by atoms with Crippen LogP contribution in [0.25, 0.3) is 0 Å². The van der Waals surface area contributed by atoms with Crippen LogP contribution in [0.4, 0.5) is 0 Å². The van der Waals surface area contributed by atoms with Gasteiger partial charge in [0.1, 0.15) is 12.4 Å². The lowest BCUT2D eigenvalue weighted by Gasteiger charge is -2.18. The van der Waals surface area contributed by atoms with Gasteiger partial charge in [0.15, 0.2) is 11.8 Å². The molecule has 0 bridgehead atoms. The van der Waals surface area contributed by atoms with Gasteiger partial charge in [0, 0.05) is 20.1 Å². The fourth-order valence-electron chi connectivity index (χ4n) is 2.97. The largest absolute Gasteiger partial charge is 0.357 e. The molecule has 0 radical (unpaired) electrons. The molecule has 1 aromatic heterocycles. The van der Waals surface area contributed by atoms with Crippen molar-refractivity contribution in [3.05, 3.63) is 47.5 Å². The summed E-state index contributed by atoms with van der Waals surface area (Å²) in [6.45, 7) is 6.35. The number of aliphatic imine (C=N–C) groups is 1. The molecular formula is C19H29IN6. The molecule has 142 valence electrons. The average Bonchev–Trinajstić information content (AvgIpc) is 3.31. The molecule has 1 aromatic carbocycles. The van der Waals surface area contributed by atoms with E-state index < -0.39 is 0 Å². The van der Waals surface area contributed by atoms with Crippen LogP contribution in [0.3, 0.4) is 0 Å². The Labute approximate surface area is 172 Å². The predicted molar refractivity (Wildman–Crippen MR) is 116 cm³/mol. The minimum atomic E-state index is 0.